The van der Waals surface area contributed by atoms with Crippen LogP contribution in [0, 0.1) is 0 Å². The maximum atomic E-state index is 11.5. The van der Waals surface area contributed by atoms with Crippen molar-refractivity contribution in [3.63, 3.8) is 0 Å². The highest BCUT2D eigenvalue weighted by molar-refractivity contribution is 6.38. The molecule has 0 saturated carbocycles. The summed E-state index contributed by atoms with van der Waals surface area (Å²) in [6.07, 6.45) is 0. The van der Waals surface area contributed by atoms with Crippen molar-refractivity contribution < 1.29 is 9.90 Å². The first kappa shape index (κ1) is 11.8. The minimum Gasteiger partial charge on any atom is -0.477 e. The molecule has 19 heavy (non-hydrogen) atoms. The highest BCUT2D eigenvalue weighted by atomic mass is 35.5. The van der Waals surface area contributed by atoms with Crippen molar-refractivity contribution >= 4 is 28.5 Å². The Balaban J connectivity index is 2.46. The molecule has 0 amide bonds. The Labute approximate surface area is 114 Å². The van der Waals surface area contributed by atoms with Crippen molar-refractivity contribution in [3.05, 3.63) is 65.3 Å². The molecule has 0 atom stereocenters. The van der Waals surface area contributed by atoms with E-state index >= 15 is 0 Å². The van der Waals surface area contributed by atoms with E-state index in [0.29, 0.717) is 0 Å². The van der Waals surface area contributed by atoms with Crippen LogP contribution in [0.25, 0.3) is 16.6 Å². The number of carbonyl (C=O) groups is 1. The first-order valence-corrected chi connectivity index (χ1v) is 6.15. The van der Waals surface area contributed by atoms with Crippen LogP contribution in [0.2, 0.25) is 5.02 Å². The molecule has 0 aliphatic carbocycles. The Hall–Kier alpha value is -2.26. The van der Waals surface area contributed by atoms with Gasteiger partial charge in [0.2, 0.25) is 0 Å². The average molecular weight is 272 g/mol. The van der Waals surface area contributed by atoms with Gasteiger partial charge in [0.05, 0.1) is 10.5 Å². The van der Waals surface area contributed by atoms with Crippen molar-refractivity contribution in [2.75, 3.05) is 0 Å². The van der Waals surface area contributed by atoms with Gasteiger partial charge in [-0.15, -0.1) is 0 Å². The van der Waals surface area contributed by atoms with Crippen LogP contribution in [0.1, 0.15) is 10.5 Å². The van der Waals surface area contributed by atoms with Crippen LogP contribution >= 0.6 is 11.6 Å². The normalized spacial score (nSPS) is 10.8. The molecular formula is C15H10ClNO2. The summed E-state index contributed by atoms with van der Waals surface area (Å²) in [4.78, 5) is 11.5. The molecule has 1 N–H and O–H groups in total. The fraction of sp³-hybridized carbons (Fsp3) is 0. The summed E-state index contributed by atoms with van der Waals surface area (Å²) in [7, 11) is 0. The number of para-hydroxylation sites is 2. The molecule has 0 spiro atoms. The minimum atomic E-state index is -1.04. The maximum absolute atomic E-state index is 11.5. The van der Waals surface area contributed by atoms with Crippen molar-refractivity contribution in [3.8, 4) is 5.69 Å². The number of nitrogens with zero attached hydrogens (tertiary/aromatic N) is 1. The molecule has 0 saturated heterocycles. The van der Waals surface area contributed by atoms with E-state index in [1.165, 1.54) is 0 Å². The van der Waals surface area contributed by atoms with Gasteiger partial charge in [0.25, 0.3) is 0 Å². The summed E-state index contributed by atoms with van der Waals surface area (Å²) in [5.74, 6) is -1.04. The molecule has 1 heterocycles. The smallest absolute Gasteiger partial charge is 0.354 e. The first-order chi connectivity index (χ1) is 9.20. The van der Waals surface area contributed by atoms with E-state index in [1.54, 1.807) is 4.57 Å². The summed E-state index contributed by atoms with van der Waals surface area (Å²) >= 11 is 6.21. The number of carboxylic acid groups (broad SMARTS) is 1. The third kappa shape index (κ3) is 1.79. The van der Waals surface area contributed by atoms with Crippen LogP contribution < -0.4 is 0 Å². The monoisotopic (exact) mass is 271 g/mol. The number of benzene rings is 2. The van der Waals surface area contributed by atoms with Crippen LogP contribution in [-0.4, -0.2) is 15.6 Å². The summed E-state index contributed by atoms with van der Waals surface area (Å²) in [5, 5.41) is 10.4. The van der Waals surface area contributed by atoms with Crippen LogP contribution in [0.4, 0.5) is 0 Å². The topological polar surface area (TPSA) is 42.2 Å². The highest BCUT2D eigenvalue weighted by Crippen LogP contribution is 2.33. The zero-order chi connectivity index (χ0) is 13.4. The van der Waals surface area contributed by atoms with Gasteiger partial charge in [-0.1, -0.05) is 48.0 Å². The van der Waals surface area contributed by atoms with Crippen LogP contribution in [0.15, 0.2) is 54.6 Å². The number of hydrogen-bond donors (Lipinski definition) is 1. The number of aromatic carboxylic acids is 1. The van der Waals surface area contributed by atoms with Crippen LogP contribution in [0.3, 0.4) is 0 Å². The Bertz CT molecular complexity index is 762. The molecule has 0 aliphatic heterocycles. The quantitative estimate of drug-likeness (QED) is 0.766. The fourth-order valence-electron chi connectivity index (χ4n) is 2.24. The van der Waals surface area contributed by atoms with Gasteiger partial charge in [-0.25, -0.2) is 4.79 Å². The van der Waals surface area contributed by atoms with Gasteiger partial charge >= 0.3 is 5.97 Å². The highest BCUT2D eigenvalue weighted by Gasteiger charge is 2.21. The molecule has 1 aromatic heterocycles. The first-order valence-electron chi connectivity index (χ1n) is 5.78. The molecule has 0 radical (unpaired) electrons. The van der Waals surface area contributed by atoms with Gasteiger partial charge in [0, 0.05) is 11.1 Å². The molecule has 0 aliphatic rings. The van der Waals surface area contributed by atoms with E-state index in [9.17, 15) is 9.90 Å². The zero-order valence-electron chi connectivity index (χ0n) is 9.88. The van der Waals surface area contributed by atoms with E-state index < -0.39 is 5.97 Å². The van der Waals surface area contributed by atoms with E-state index in [0.717, 1.165) is 16.6 Å². The predicted octanol–water partition coefficient (Wildman–Crippen LogP) is 3.98. The minimum absolute atomic E-state index is 0.0917. The molecule has 4 heteroatoms. The molecule has 94 valence electrons. The zero-order valence-corrected chi connectivity index (χ0v) is 10.6. The van der Waals surface area contributed by atoms with Gasteiger partial charge < -0.3 is 9.67 Å². The summed E-state index contributed by atoms with van der Waals surface area (Å²) in [6, 6.07) is 16.7. The summed E-state index contributed by atoms with van der Waals surface area (Å²) in [6.45, 7) is 0. The fourth-order valence-corrected chi connectivity index (χ4v) is 2.56. The number of fused-ring (bicyclic) bond motifs is 1. The Morgan fingerprint density at radius 3 is 2.32 bits per heavy atom. The second-order valence-corrected chi connectivity index (χ2v) is 4.53. The second kappa shape index (κ2) is 4.44. The Kier molecular flexibility index (Phi) is 2.76. The largest absolute Gasteiger partial charge is 0.477 e. The molecule has 0 bridgehead atoms. The van der Waals surface area contributed by atoms with Crippen LogP contribution in [0.5, 0.6) is 0 Å². The SMILES string of the molecule is O=C(O)c1c(Cl)c2ccccc2n1-c1ccccc1. The number of halogens is 1. The summed E-state index contributed by atoms with van der Waals surface area (Å²) in [5.41, 5.74) is 1.66. The standard InChI is InChI=1S/C15H10ClNO2/c16-13-11-8-4-5-9-12(11)17(14(13)15(18)19)10-6-2-1-3-7-10/h1-9H,(H,18,19). The van der Waals surface area contributed by atoms with Gasteiger partial charge in [-0.3, -0.25) is 0 Å². The second-order valence-electron chi connectivity index (χ2n) is 4.16. The van der Waals surface area contributed by atoms with E-state index in [2.05, 4.69) is 0 Å². The molecule has 3 nitrogen and oxygen atoms in total. The summed E-state index contributed by atoms with van der Waals surface area (Å²) < 4.78 is 1.67. The lowest BCUT2D eigenvalue weighted by atomic mass is 10.2. The third-order valence-electron chi connectivity index (χ3n) is 3.03. The number of rotatable bonds is 2. The lowest BCUT2D eigenvalue weighted by molar-refractivity contribution is 0.0689. The number of carboxylic acids is 1. The molecule has 0 unspecified atom stereocenters. The lowest BCUT2D eigenvalue weighted by Crippen LogP contribution is -2.06. The van der Waals surface area contributed by atoms with Gasteiger partial charge in [0.15, 0.2) is 5.69 Å². The Morgan fingerprint density at radius 2 is 1.63 bits per heavy atom. The number of hydrogen-bond acceptors (Lipinski definition) is 1. The van der Waals surface area contributed by atoms with Gasteiger partial charge in [-0.05, 0) is 18.2 Å². The maximum Gasteiger partial charge on any atom is 0.354 e. The number of aromatic nitrogens is 1. The van der Waals surface area contributed by atoms with Crippen molar-refractivity contribution in [1.82, 2.24) is 4.57 Å². The molecule has 2 aromatic carbocycles. The van der Waals surface area contributed by atoms with Crippen molar-refractivity contribution in [2.24, 2.45) is 0 Å². The average Bonchev–Trinajstić information content (AvgIpc) is 2.74. The van der Waals surface area contributed by atoms with Crippen molar-refractivity contribution in [1.29, 1.82) is 0 Å². The molecule has 3 aromatic rings. The predicted molar refractivity (Wildman–Crippen MR) is 75.2 cm³/mol. The Morgan fingerprint density at radius 1 is 1.00 bits per heavy atom. The molecule has 3 rings (SSSR count). The molecule has 0 fully saturated rings. The van der Waals surface area contributed by atoms with Gasteiger partial charge in [-0.2, -0.15) is 0 Å². The van der Waals surface area contributed by atoms with E-state index in [-0.39, 0.29) is 10.7 Å². The van der Waals surface area contributed by atoms with Crippen LogP contribution in [-0.2, 0) is 0 Å². The third-order valence-corrected chi connectivity index (χ3v) is 3.41. The lowest BCUT2D eigenvalue weighted by Gasteiger charge is -2.07. The van der Waals surface area contributed by atoms with E-state index in [4.69, 9.17) is 11.6 Å². The van der Waals surface area contributed by atoms with Crippen molar-refractivity contribution in [2.45, 2.75) is 0 Å². The van der Waals surface area contributed by atoms with Gasteiger partial charge in [0.1, 0.15) is 0 Å². The van der Waals surface area contributed by atoms with E-state index in [1.807, 2.05) is 54.6 Å². The molecular weight excluding hydrogens is 262 g/mol.